The third kappa shape index (κ3) is 3.92. The number of rotatable bonds is 5. The molecule has 4 nitrogen and oxygen atoms in total. The highest BCUT2D eigenvalue weighted by atomic mass is 79.9. The van der Waals surface area contributed by atoms with Gasteiger partial charge in [-0.1, -0.05) is 27.5 Å². The average Bonchev–Trinajstić information content (AvgIpc) is 2.86. The number of primary amides is 1. The fourth-order valence-corrected chi connectivity index (χ4v) is 2.76. The van der Waals surface area contributed by atoms with Crippen molar-refractivity contribution in [1.82, 2.24) is 5.32 Å². The number of carbonyl (C=O) groups is 1. The first-order valence-corrected chi connectivity index (χ1v) is 7.34. The molecule has 2 atom stereocenters. The van der Waals surface area contributed by atoms with Gasteiger partial charge in [0.25, 0.3) is 0 Å². The van der Waals surface area contributed by atoms with Crippen molar-refractivity contribution < 1.29 is 9.53 Å². The molecule has 104 valence electrons. The van der Waals surface area contributed by atoms with Crippen LogP contribution in [0.3, 0.4) is 0 Å². The molecule has 0 aromatic heterocycles. The molecule has 1 aliphatic rings. The number of ether oxygens (including phenoxy) is 1. The quantitative estimate of drug-likeness (QED) is 0.859. The van der Waals surface area contributed by atoms with Gasteiger partial charge in [0, 0.05) is 22.6 Å². The Balaban J connectivity index is 2.10. The van der Waals surface area contributed by atoms with Crippen molar-refractivity contribution in [3.05, 3.63) is 33.3 Å². The number of amides is 1. The van der Waals surface area contributed by atoms with Gasteiger partial charge >= 0.3 is 0 Å². The standard InChI is InChI=1S/C13H16BrClN2O2/c14-8-3-4-11(15)10(6-8)12(13(16)18)17-7-9-2-1-5-19-9/h3-4,6,9,12,17H,1-2,5,7H2,(H2,16,18). The van der Waals surface area contributed by atoms with E-state index in [2.05, 4.69) is 21.2 Å². The van der Waals surface area contributed by atoms with Crippen LogP contribution < -0.4 is 11.1 Å². The Morgan fingerprint density at radius 2 is 2.42 bits per heavy atom. The third-order valence-corrected chi connectivity index (χ3v) is 3.96. The molecule has 1 saturated heterocycles. The zero-order chi connectivity index (χ0) is 13.8. The van der Waals surface area contributed by atoms with E-state index in [4.69, 9.17) is 22.1 Å². The summed E-state index contributed by atoms with van der Waals surface area (Å²) in [7, 11) is 0. The van der Waals surface area contributed by atoms with Crippen molar-refractivity contribution in [3.63, 3.8) is 0 Å². The van der Waals surface area contributed by atoms with Crippen molar-refractivity contribution in [1.29, 1.82) is 0 Å². The van der Waals surface area contributed by atoms with E-state index >= 15 is 0 Å². The minimum atomic E-state index is -0.603. The van der Waals surface area contributed by atoms with Crippen LogP contribution in [0.1, 0.15) is 24.4 Å². The van der Waals surface area contributed by atoms with Gasteiger partial charge in [-0.3, -0.25) is 10.1 Å². The maximum atomic E-state index is 11.6. The lowest BCUT2D eigenvalue weighted by Gasteiger charge is -2.19. The summed E-state index contributed by atoms with van der Waals surface area (Å²) >= 11 is 9.50. The minimum absolute atomic E-state index is 0.146. The van der Waals surface area contributed by atoms with Crippen LogP contribution in [0.2, 0.25) is 5.02 Å². The molecule has 19 heavy (non-hydrogen) atoms. The molecule has 1 fully saturated rings. The number of halogens is 2. The Bertz CT molecular complexity index is 464. The Morgan fingerprint density at radius 1 is 1.63 bits per heavy atom. The lowest BCUT2D eigenvalue weighted by Crippen LogP contribution is -2.38. The Kier molecular flexibility index (Phi) is 5.21. The molecule has 0 aliphatic carbocycles. The van der Waals surface area contributed by atoms with E-state index in [1.807, 2.05) is 6.07 Å². The van der Waals surface area contributed by atoms with Crippen LogP contribution in [-0.4, -0.2) is 25.2 Å². The van der Waals surface area contributed by atoms with Gasteiger partial charge in [0.2, 0.25) is 5.91 Å². The molecular formula is C13H16BrClN2O2. The van der Waals surface area contributed by atoms with Crippen molar-refractivity contribution in [2.24, 2.45) is 5.73 Å². The van der Waals surface area contributed by atoms with Gasteiger partial charge in [-0.25, -0.2) is 0 Å². The van der Waals surface area contributed by atoms with Gasteiger partial charge in [0.15, 0.2) is 0 Å². The fraction of sp³-hybridized carbons (Fsp3) is 0.462. The van der Waals surface area contributed by atoms with E-state index in [9.17, 15) is 4.79 Å². The summed E-state index contributed by atoms with van der Waals surface area (Å²) in [5, 5.41) is 3.66. The Labute approximate surface area is 125 Å². The second-order valence-corrected chi connectivity index (χ2v) is 5.87. The molecule has 3 N–H and O–H groups in total. The van der Waals surface area contributed by atoms with E-state index in [0.29, 0.717) is 17.1 Å². The number of nitrogens with one attached hydrogen (secondary N) is 1. The summed E-state index contributed by atoms with van der Waals surface area (Å²) in [4.78, 5) is 11.6. The van der Waals surface area contributed by atoms with Crippen LogP contribution in [0, 0.1) is 0 Å². The molecule has 2 rings (SSSR count). The van der Waals surface area contributed by atoms with Crippen LogP contribution in [0.25, 0.3) is 0 Å². The molecule has 0 radical (unpaired) electrons. The first kappa shape index (κ1) is 14.8. The van der Waals surface area contributed by atoms with Gasteiger partial charge in [-0.2, -0.15) is 0 Å². The smallest absolute Gasteiger partial charge is 0.239 e. The summed E-state index contributed by atoms with van der Waals surface area (Å²) in [6, 6.07) is 4.77. The molecule has 1 amide bonds. The maximum Gasteiger partial charge on any atom is 0.239 e. The molecule has 2 unspecified atom stereocenters. The lowest BCUT2D eigenvalue weighted by molar-refractivity contribution is -0.120. The summed E-state index contributed by atoms with van der Waals surface area (Å²) < 4.78 is 6.37. The summed E-state index contributed by atoms with van der Waals surface area (Å²) in [6.45, 7) is 1.38. The van der Waals surface area contributed by atoms with Gasteiger partial charge in [0.1, 0.15) is 6.04 Å². The second kappa shape index (κ2) is 6.70. The summed E-state index contributed by atoms with van der Waals surface area (Å²) in [6.07, 6.45) is 2.21. The van der Waals surface area contributed by atoms with Gasteiger partial charge in [-0.15, -0.1) is 0 Å². The lowest BCUT2D eigenvalue weighted by atomic mass is 10.1. The molecule has 0 saturated carbocycles. The van der Waals surface area contributed by atoms with Crippen LogP contribution in [0.15, 0.2) is 22.7 Å². The zero-order valence-electron chi connectivity index (χ0n) is 10.4. The van der Waals surface area contributed by atoms with Gasteiger partial charge < -0.3 is 10.5 Å². The first-order chi connectivity index (χ1) is 9.08. The normalized spacial score (nSPS) is 20.4. The highest BCUT2D eigenvalue weighted by Gasteiger charge is 2.23. The van der Waals surface area contributed by atoms with Crippen LogP contribution >= 0.6 is 27.5 Å². The summed E-state index contributed by atoms with van der Waals surface area (Å²) in [5.41, 5.74) is 6.14. The minimum Gasteiger partial charge on any atom is -0.377 e. The monoisotopic (exact) mass is 346 g/mol. The van der Waals surface area contributed by atoms with E-state index < -0.39 is 11.9 Å². The molecule has 6 heteroatoms. The van der Waals surface area contributed by atoms with E-state index in [1.165, 1.54) is 0 Å². The van der Waals surface area contributed by atoms with E-state index in [-0.39, 0.29) is 6.10 Å². The zero-order valence-corrected chi connectivity index (χ0v) is 12.7. The van der Waals surface area contributed by atoms with Crippen molar-refractivity contribution in [2.45, 2.75) is 25.0 Å². The summed E-state index contributed by atoms with van der Waals surface area (Å²) in [5.74, 6) is -0.446. The SMILES string of the molecule is NC(=O)C(NCC1CCCO1)c1cc(Br)ccc1Cl. The van der Waals surface area contributed by atoms with E-state index in [0.717, 1.165) is 23.9 Å². The predicted octanol–water partition coefficient (Wildman–Crippen LogP) is 2.40. The fourth-order valence-electron chi connectivity index (χ4n) is 2.15. The second-order valence-electron chi connectivity index (χ2n) is 4.54. The average molecular weight is 348 g/mol. The van der Waals surface area contributed by atoms with Crippen molar-refractivity contribution in [2.75, 3.05) is 13.2 Å². The number of hydrogen-bond donors (Lipinski definition) is 2. The maximum absolute atomic E-state index is 11.6. The van der Waals surface area contributed by atoms with Crippen LogP contribution in [0.5, 0.6) is 0 Å². The highest BCUT2D eigenvalue weighted by Crippen LogP contribution is 2.27. The molecular weight excluding hydrogens is 332 g/mol. The molecule has 1 aromatic carbocycles. The number of nitrogens with two attached hydrogens (primary N) is 1. The highest BCUT2D eigenvalue weighted by molar-refractivity contribution is 9.10. The molecule has 0 spiro atoms. The molecule has 1 heterocycles. The third-order valence-electron chi connectivity index (χ3n) is 3.13. The first-order valence-electron chi connectivity index (χ1n) is 6.17. The van der Waals surface area contributed by atoms with Gasteiger partial charge in [-0.05, 0) is 36.6 Å². The molecule has 1 aromatic rings. The van der Waals surface area contributed by atoms with E-state index in [1.54, 1.807) is 12.1 Å². The number of carbonyl (C=O) groups excluding carboxylic acids is 1. The number of hydrogen-bond acceptors (Lipinski definition) is 3. The van der Waals surface area contributed by atoms with Crippen LogP contribution in [0.4, 0.5) is 0 Å². The van der Waals surface area contributed by atoms with Crippen molar-refractivity contribution in [3.8, 4) is 0 Å². The van der Waals surface area contributed by atoms with Crippen LogP contribution in [-0.2, 0) is 9.53 Å². The molecule has 0 bridgehead atoms. The van der Waals surface area contributed by atoms with Crippen molar-refractivity contribution >= 4 is 33.4 Å². The Morgan fingerprint density at radius 3 is 3.05 bits per heavy atom. The predicted molar refractivity (Wildman–Crippen MR) is 78.1 cm³/mol. The topological polar surface area (TPSA) is 64.4 Å². The van der Waals surface area contributed by atoms with Gasteiger partial charge in [0.05, 0.1) is 6.10 Å². The largest absolute Gasteiger partial charge is 0.377 e. The molecule has 1 aliphatic heterocycles. The Hall–Kier alpha value is -0.620. The number of benzene rings is 1.